The summed E-state index contributed by atoms with van der Waals surface area (Å²) in [6, 6.07) is 66.6. The summed E-state index contributed by atoms with van der Waals surface area (Å²) in [7, 11) is 0. The summed E-state index contributed by atoms with van der Waals surface area (Å²) in [5.41, 5.74) is 12.5. The zero-order valence-corrected chi connectivity index (χ0v) is 31.4. The molecule has 0 N–H and O–H groups in total. The Morgan fingerprint density at radius 2 is 1.09 bits per heavy atom. The Bertz CT molecular complexity index is 3520. The molecule has 0 saturated heterocycles. The molecule has 0 aliphatic rings. The van der Waals surface area contributed by atoms with E-state index < -0.39 is 0 Å². The van der Waals surface area contributed by atoms with Crippen molar-refractivity contribution in [2.75, 3.05) is 0 Å². The minimum absolute atomic E-state index is 0.687. The highest BCUT2D eigenvalue weighted by atomic mass is 32.1. The number of rotatable bonds is 5. The average Bonchev–Trinajstić information content (AvgIpc) is 3.96. The van der Waals surface area contributed by atoms with Gasteiger partial charge in [0.15, 0.2) is 5.82 Å². The van der Waals surface area contributed by atoms with Gasteiger partial charge in [0.25, 0.3) is 0 Å². The third kappa shape index (κ3) is 5.06. The van der Waals surface area contributed by atoms with Gasteiger partial charge in [0.1, 0.15) is 11.2 Å². The largest absolute Gasteiger partial charge is 0.456 e. The number of hydrogen-bond acceptors (Lipinski definition) is 4. The molecule has 0 aliphatic carbocycles. The highest BCUT2D eigenvalue weighted by Gasteiger charge is 2.19. The van der Waals surface area contributed by atoms with Crippen LogP contribution in [0.1, 0.15) is 0 Å². The van der Waals surface area contributed by atoms with E-state index in [1.165, 1.54) is 53.1 Å². The lowest BCUT2D eigenvalue weighted by atomic mass is 9.98. The van der Waals surface area contributed by atoms with Gasteiger partial charge in [0.05, 0.1) is 22.4 Å². The molecule has 4 nitrogen and oxygen atoms in total. The Hall–Kier alpha value is -7.34. The highest BCUT2D eigenvalue weighted by Crippen LogP contribution is 2.45. The Balaban J connectivity index is 1.05. The number of thiophene rings is 1. The van der Waals surface area contributed by atoms with E-state index in [0.717, 1.165) is 55.7 Å². The maximum Gasteiger partial charge on any atom is 0.160 e. The highest BCUT2D eigenvalue weighted by molar-refractivity contribution is 7.26. The van der Waals surface area contributed by atoms with Gasteiger partial charge >= 0.3 is 0 Å². The smallest absolute Gasteiger partial charge is 0.160 e. The van der Waals surface area contributed by atoms with Gasteiger partial charge in [-0.05, 0) is 65.7 Å². The fourth-order valence-electron chi connectivity index (χ4n) is 8.62. The molecule has 57 heavy (non-hydrogen) atoms. The molecule has 0 saturated carbocycles. The van der Waals surface area contributed by atoms with Crippen LogP contribution in [0.2, 0.25) is 0 Å². The van der Waals surface area contributed by atoms with Crippen molar-refractivity contribution in [3.63, 3.8) is 0 Å². The molecule has 4 heterocycles. The summed E-state index contributed by atoms with van der Waals surface area (Å²) in [6.45, 7) is 0. The lowest BCUT2D eigenvalue weighted by Gasteiger charge is -2.11. The second kappa shape index (κ2) is 12.6. The lowest BCUT2D eigenvalue weighted by molar-refractivity contribution is 0.669. The summed E-state index contributed by atoms with van der Waals surface area (Å²) in [5, 5.41) is 7.13. The molecular formula is C52H31N3OS. The van der Waals surface area contributed by atoms with Gasteiger partial charge in [-0.15, -0.1) is 11.3 Å². The maximum atomic E-state index is 6.31. The van der Waals surface area contributed by atoms with E-state index in [2.05, 4.69) is 162 Å². The quantitative estimate of drug-likeness (QED) is 0.176. The molecule has 0 amide bonds. The first-order valence-electron chi connectivity index (χ1n) is 19.1. The van der Waals surface area contributed by atoms with Gasteiger partial charge in [0.2, 0.25) is 0 Å². The summed E-state index contributed by atoms with van der Waals surface area (Å²) in [5.74, 6) is 0.687. The first kappa shape index (κ1) is 32.0. The summed E-state index contributed by atoms with van der Waals surface area (Å²) >= 11 is 1.84. The maximum absolute atomic E-state index is 6.31. The van der Waals surface area contributed by atoms with Crippen molar-refractivity contribution in [1.82, 2.24) is 14.5 Å². The van der Waals surface area contributed by atoms with Crippen LogP contribution in [0.25, 0.3) is 115 Å². The molecule has 0 atom stereocenters. The number of hydrogen-bond donors (Lipinski definition) is 0. The van der Waals surface area contributed by atoms with E-state index in [4.69, 9.17) is 14.4 Å². The number of furan rings is 1. The van der Waals surface area contributed by atoms with Gasteiger partial charge in [0, 0.05) is 64.1 Å². The molecule has 12 rings (SSSR count). The monoisotopic (exact) mass is 745 g/mol. The number of aromatic nitrogens is 3. The van der Waals surface area contributed by atoms with Gasteiger partial charge in [-0.3, -0.25) is 0 Å². The Labute approximate surface area is 331 Å². The van der Waals surface area contributed by atoms with Crippen molar-refractivity contribution in [2.45, 2.75) is 0 Å². The van der Waals surface area contributed by atoms with E-state index in [1.54, 1.807) is 0 Å². The SMILES string of the molecule is c1ccc(-c2nc(-c3ccc4c(c3)oc3ccccc34)cc(-c3cccc4sc5c(-c6ccc7c8ccccc8n(-c8ccccc8)c7c6)cccc5c34)n2)cc1. The van der Waals surface area contributed by atoms with Gasteiger partial charge < -0.3 is 8.98 Å². The second-order valence-corrected chi connectivity index (χ2v) is 15.6. The summed E-state index contributed by atoms with van der Waals surface area (Å²) in [4.78, 5) is 10.4. The number of benzene rings is 8. The fraction of sp³-hybridized carbons (Fsp3) is 0. The molecule has 4 aromatic heterocycles. The van der Waals surface area contributed by atoms with Gasteiger partial charge in [-0.1, -0.05) is 133 Å². The van der Waals surface area contributed by atoms with Crippen molar-refractivity contribution < 1.29 is 4.42 Å². The lowest BCUT2D eigenvalue weighted by Crippen LogP contribution is -1.96. The molecule has 5 heteroatoms. The predicted octanol–water partition coefficient (Wildman–Crippen LogP) is 14.5. The first-order chi connectivity index (χ1) is 28.2. The standard InChI is InChI=1S/C52H31N3OS/c1-3-13-32(14-4-1)52-53-43(34-26-28-40-39-18-8-10-23-47(39)56-48(40)30-34)31-44(54-52)41-20-12-24-49-50(41)42-21-11-19-36(51(42)57-49)33-25-27-38-37-17-7-9-22-45(37)55(46(38)29-33)35-15-5-2-6-16-35/h1-31H. The van der Waals surface area contributed by atoms with Gasteiger partial charge in [-0.25, -0.2) is 9.97 Å². The zero-order valence-electron chi connectivity index (χ0n) is 30.6. The predicted molar refractivity (Wildman–Crippen MR) is 238 cm³/mol. The fourth-order valence-corrected chi connectivity index (χ4v) is 9.88. The van der Waals surface area contributed by atoms with Crippen molar-refractivity contribution in [2.24, 2.45) is 0 Å². The van der Waals surface area contributed by atoms with Gasteiger partial charge in [-0.2, -0.15) is 0 Å². The average molecular weight is 746 g/mol. The van der Waals surface area contributed by atoms with Crippen LogP contribution in [0.4, 0.5) is 0 Å². The van der Waals surface area contributed by atoms with E-state index >= 15 is 0 Å². The van der Waals surface area contributed by atoms with Crippen molar-refractivity contribution in [1.29, 1.82) is 0 Å². The minimum atomic E-state index is 0.687. The minimum Gasteiger partial charge on any atom is -0.456 e. The van der Waals surface area contributed by atoms with E-state index in [1.807, 2.05) is 41.7 Å². The third-order valence-corrected chi connectivity index (χ3v) is 12.4. The molecule has 0 bridgehead atoms. The summed E-state index contributed by atoms with van der Waals surface area (Å²) < 4.78 is 11.2. The zero-order chi connectivity index (χ0) is 37.5. The summed E-state index contributed by atoms with van der Waals surface area (Å²) in [6.07, 6.45) is 0. The van der Waals surface area contributed by atoms with Crippen LogP contribution in [-0.4, -0.2) is 14.5 Å². The van der Waals surface area contributed by atoms with Crippen LogP contribution >= 0.6 is 11.3 Å². The molecule has 0 spiro atoms. The molecule has 0 radical (unpaired) electrons. The van der Waals surface area contributed by atoms with E-state index in [0.29, 0.717) is 5.82 Å². The third-order valence-electron chi connectivity index (χ3n) is 11.2. The van der Waals surface area contributed by atoms with Crippen LogP contribution in [0.5, 0.6) is 0 Å². The molecule has 8 aromatic carbocycles. The molecule has 0 aliphatic heterocycles. The van der Waals surface area contributed by atoms with Crippen LogP contribution in [0.3, 0.4) is 0 Å². The molecule has 266 valence electrons. The van der Waals surface area contributed by atoms with Crippen LogP contribution in [0.15, 0.2) is 192 Å². The van der Waals surface area contributed by atoms with Crippen molar-refractivity contribution in [3.05, 3.63) is 188 Å². The topological polar surface area (TPSA) is 43.9 Å². The number of para-hydroxylation sites is 3. The van der Waals surface area contributed by atoms with Crippen molar-refractivity contribution >= 4 is 75.3 Å². The Morgan fingerprint density at radius 1 is 0.421 bits per heavy atom. The first-order valence-corrected chi connectivity index (χ1v) is 20.0. The second-order valence-electron chi connectivity index (χ2n) is 14.5. The molecule has 0 unspecified atom stereocenters. The van der Waals surface area contributed by atoms with Crippen LogP contribution in [-0.2, 0) is 0 Å². The molecular weight excluding hydrogens is 715 g/mol. The molecule has 12 aromatic rings. The normalized spacial score (nSPS) is 11.9. The van der Waals surface area contributed by atoms with Crippen LogP contribution in [0, 0.1) is 0 Å². The van der Waals surface area contributed by atoms with E-state index in [-0.39, 0.29) is 0 Å². The molecule has 0 fully saturated rings. The Kier molecular flexibility index (Phi) is 7.06. The van der Waals surface area contributed by atoms with E-state index in [9.17, 15) is 0 Å². The Morgan fingerprint density at radius 3 is 1.98 bits per heavy atom. The van der Waals surface area contributed by atoms with Crippen molar-refractivity contribution in [3.8, 4) is 50.7 Å². The number of nitrogens with zero attached hydrogens (tertiary/aromatic N) is 3. The van der Waals surface area contributed by atoms with Crippen LogP contribution < -0.4 is 0 Å². The number of fused-ring (bicyclic) bond motifs is 9.